The largest absolute Gasteiger partial charge is 0.313 e. The number of rotatable bonds is 6. The molecule has 0 saturated heterocycles. The molecular weight excluding hydrogens is 691 g/mol. The molecule has 1 atom stereocenters. The van der Waals surface area contributed by atoms with E-state index in [1.807, 2.05) is 0 Å². The Morgan fingerprint density at radius 1 is 0.509 bits per heavy atom. The van der Waals surface area contributed by atoms with Crippen LogP contribution in [0.25, 0.3) is 83.0 Å². The van der Waals surface area contributed by atoms with E-state index in [4.69, 9.17) is 4.98 Å². The number of nitrogens with zero attached hydrogens (tertiary/aromatic N) is 3. The first-order valence-electron chi connectivity index (χ1n) is 20.1. The second kappa shape index (κ2) is 13.6. The molecule has 11 rings (SSSR count). The van der Waals surface area contributed by atoms with E-state index in [1.165, 1.54) is 82.8 Å². The van der Waals surface area contributed by atoms with Gasteiger partial charge in [-0.3, -0.25) is 4.98 Å². The van der Waals surface area contributed by atoms with E-state index in [-0.39, 0.29) is 5.92 Å². The summed E-state index contributed by atoms with van der Waals surface area (Å²) in [5.74, 6) is 0.288. The molecule has 3 nitrogen and oxygen atoms in total. The van der Waals surface area contributed by atoms with Gasteiger partial charge in [0.05, 0.1) is 27.8 Å². The van der Waals surface area contributed by atoms with Gasteiger partial charge in [0.2, 0.25) is 0 Å². The lowest BCUT2D eigenvalue weighted by Gasteiger charge is -2.20. The van der Waals surface area contributed by atoms with Crippen molar-refractivity contribution in [2.75, 3.05) is 0 Å². The Balaban J connectivity index is 0.991. The van der Waals surface area contributed by atoms with Crippen LogP contribution < -0.4 is 0 Å². The summed E-state index contributed by atoms with van der Waals surface area (Å²) in [4.78, 5) is 5.19. The van der Waals surface area contributed by atoms with E-state index in [0.29, 0.717) is 0 Å². The zero-order chi connectivity index (χ0) is 37.9. The van der Waals surface area contributed by atoms with Gasteiger partial charge in [0.25, 0.3) is 0 Å². The number of aromatic nitrogens is 3. The van der Waals surface area contributed by atoms with Gasteiger partial charge < -0.3 is 9.13 Å². The number of allylic oxidation sites excluding steroid dienone is 8. The van der Waals surface area contributed by atoms with Crippen molar-refractivity contribution >= 4 is 54.9 Å². The minimum absolute atomic E-state index is 0.288. The lowest BCUT2D eigenvalue weighted by atomic mass is 9.90. The molecule has 3 aromatic heterocycles. The molecule has 1 unspecified atom stereocenters. The predicted molar refractivity (Wildman–Crippen MR) is 241 cm³/mol. The number of benzene rings is 6. The van der Waals surface area contributed by atoms with Crippen LogP contribution >= 0.6 is 0 Å². The molecule has 0 bridgehead atoms. The Labute approximate surface area is 332 Å². The van der Waals surface area contributed by atoms with Gasteiger partial charge in [0.1, 0.15) is 0 Å². The molecule has 57 heavy (non-hydrogen) atoms. The van der Waals surface area contributed by atoms with Crippen molar-refractivity contribution in [3.05, 3.63) is 205 Å². The molecule has 0 aliphatic heterocycles. The molecule has 0 spiro atoms. The normalized spacial score (nSPS) is 15.5. The van der Waals surface area contributed by atoms with Crippen molar-refractivity contribution in [3.8, 4) is 28.1 Å². The second-order valence-electron chi connectivity index (χ2n) is 15.5. The van der Waals surface area contributed by atoms with Crippen molar-refractivity contribution in [1.82, 2.24) is 14.1 Å². The monoisotopic (exact) mass is 731 g/mol. The Morgan fingerprint density at radius 2 is 1.16 bits per heavy atom. The zero-order valence-electron chi connectivity index (χ0n) is 31.9. The summed E-state index contributed by atoms with van der Waals surface area (Å²) in [7, 11) is 0. The number of hydrogen-bond acceptors (Lipinski definition) is 1. The third kappa shape index (κ3) is 5.78. The van der Waals surface area contributed by atoms with Crippen LogP contribution in [0.1, 0.15) is 42.0 Å². The van der Waals surface area contributed by atoms with Crippen LogP contribution in [0.2, 0.25) is 0 Å². The number of para-hydroxylation sites is 2. The van der Waals surface area contributed by atoms with E-state index in [9.17, 15) is 0 Å². The molecule has 3 heteroatoms. The highest BCUT2D eigenvalue weighted by Gasteiger charge is 2.20. The molecular formula is C54H41N3. The first kappa shape index (κ1) is 33.4. The van der Waals surface area contributed by atoms with Crippen LogP contribution in [0.15, 0.2) is 188 Å². The number of hydrogen-bond donors (Lipinski definition) is 0. The van der Waals surface area contributed by atoms with E-state index in [2.05, 4.69) is 204 Å². The summed E-state index contributed by atoms with van der Waals surface area (Å²) in [5, 5.41) is 5.10. The van der Waals surface area contributed by atoms with Crippen LogP contribution in [-0.2, 0) is 0 Å². The Morgan fingerprint density at radius 3 is 1.82 bits per heavy atom. The van der Waals surface area contributed by atoms with Gasteiger partial charge in [-0.25, -0.2) is 0 Å². The Hall–Kier alpha value is -6.97. The van der Waals surface area contributed by atoms with Crippen molar-refractivity contribution in [2.24, 2.45) is 0 Å². The number of fused-ring (bicyclic) bond motifs is 6. The molecule has 0 amide bonds. The third-order valence-corrected chi connectivity index (χ3v) is 12.0. The van der Waals surface area contributed by atoms with Crippen molar-refractivity contribution in [1.29, 1.82) is 0 Å². The first-order chi connectivity index (χ1) is 28.2. The van der Waals surface area contributed by atoms with Gasteiger partial charge in [0, 0.05) is 50.1 Å². The molecule has 0 fully saturated rings. The van der Waals surface area contributed by atoms with Gasteiger partial charge in [-0.15, -0.1) is 0 Å². The molecule has 0 saturated carbocycles. The fourth-order valence-electron chi connectivity index (χ4n) is 9.12. The van der Waals surface area contributed by atoms with E-state index in [0.717, 1.165) is 36.2 Å². The summed E-state index contributed by atoms with van der Waals surface area (Å²) >= 11 is 0. The lowest BCUT2D eigenvalue weighted by Crippen LogP contribution is -2.04. The summed E-state index contributed by atoms with van der Waals surface area (Å²) in [6, 6.07) is 55.7. The van der Waals surface area contributed by atoms with E-state index >= 15 is 0 Å². The average Bonchev–Trinajstić information content (AvgIpc) is 3.79. The number of pyridine rings is 1. The molecule has 9 aromatic rings. The van der Waals surface area contributed by atoms with E-state index < -0.39 is 0 Å². The quantitative estimate of drug-likeness (QED) is 0.167. The smallest absolute Gasteiger partial charge is 0.0711 e. The molecule has 2 aliphatic carbocycles. The SMILES string of the molecule is Cc1ccc(-n2c3ccccc3c3cc(-c4ccc5c(c4)c4ccccc4n5C4=CC=C(c5cc(-c6ccccc6)nc(C6C=CC=CC6)c5)CC4)ccc32)cc1. The van der Waals surface area contributed by atoms with Crippen molar-refractivity contribution in [3.63, 3.8) is 0 Å². The predicted octanol–water partition coefficient (Wildman–Crippen LogP) is 14.2. The van der Waals surface area contributed by atoms with Crippen LogP contribution in [0, 0.1) is 6.92 Å². The van der Waals surface area contributed by atoms with Gasteiger partial charge in [0.15, 0.2) is 0 Å². The van der Waals surface area contributed by atoms with Crippen LogP contribution in [0.5, 0.6) is 0 Å². The minimum atomic E-state index is 0.288. The standard InChI is InChI=1S/C54H41N3/c1-36-20-26-43(27-21-36)56-51-18-10-8-16-45(51)47-32-40(24-30-53(47)56)41-25-31-54-48(33-41)46-17-9-11-19-52(46)57(54)44-28-22-37(23-29-44)42-34-49(38-12-4-2-5-13-38)55-50(35-42)39-14-6-3-7-15-39/h2-14,16-22,24-28,30-35,39H,15,23,29H2,1H3. The molecule has 6 aromatic carbocycles. The molecule has 0 N–H and O–H groups in total. The van der Waals surface area contributed by atoms with Crippen LogP contribution in [0.3, 0.4) is 0 Å². The van der Waals surface area contributed by atoms with Crippen LogP contribution in [-0.4, -0.2) is 14.1 Å². The Bertz CT molecular complexity index is 3150. The fourth-order valence-corrected chi connectivity index (χ4v) is 9.12. The van der Waals surface area contributed by atoms with Gasteiger partial charge in [-0.2, -0.15) is 0 Å². The molecule has 0 radical (unpaired) electrons. The lowest BCUT2D eigenvalue weighted by molar-refractivity contribution is 0.816. The first-order valence-corrected chi connectivity index (χ1v) is 20.1. The molecule has 3 heterocycles. The minimum Gasteiger partial charge on any atom is -0.313 e. The summed E-state index contributed by atoms with van der Waals surface area (Å²) in [6.07, 6.45) is 16.4. The highest BCUT2D eigenvalue weighted by atomic mass is 15.0. The second-order valence-corrected chi connectivity index (χ2v) is 15.5. The van der Waals surface area contributed by atoms with Crippen molar-refractivity contribution < 1.29 is 0 Å². The fraction of sp³-hybridized carbons (Fsp3) is 0.0926. The van der Waals surface area contributed by atoms with E-state index in [1.54, 1.807) is 0 Å². The summed E-state index contributed by atoms with van der Waals surface area (Å²) in [5.41, 5.74) is 17.1. The van der Waals surface area contributed by atoms with Crippen molar-refractivity contribution in [2.45, 2.75) is 32.1 Å². The highest BCUT2D eigenvalue weighted by molar-refractivity contribution is 6.13. The average molecular weight is 732 g/mol. The maximum absolute atomic E-state index is 5.19. The molecule has 272 valence electrons. The maximum Gasteiger partial charge on any atom is 0.0711 e. The zero-order valence-corrected chi connectivity index (χ0v) is 31.9. The molecule has 2 aliphatic rings. The van der Waals surface area contributed by atoms with Gasteiger partial charge >= 0.3 is 0 Å². The highest BCUT2D eigenvalue weighted by Crippen LogP contribution is 2.41. The number of aryl methyl sites for hydroxylation is 1. The summed E-state index contributed by atoms with van der Waals surface area (Å²) in [6.45, 7) is 2.14. The topological polar surface area (TPSA) is 22.8 Å². The summed E-state index contributed by atoms with van der Waals surface area (Å²) < 4.78 is 4.89. The van der Waals surface area contributed by atoms with Crippen LogP contribution in [0.4, 0.5) is 0 Å². The van der Waals surface area contributed by atoms with Gasteiger partial charge in [-0.05, 0) is 115 Å². The third-order valence-electron chi connectivity index (χ3n) is 12.0. The van der Waals surface area contributed by atoms with Gasteiger partial charge in [-0.1, -0.05) is 127 Å². The maximum atomic E-state index is 5.19. The Kier molecular flexibility index (Phi) is 7.99.